The highest BCUT2D eigenvalue weighted by molar-refractivity contribution is 7.92. The number of hydrogen-bond donors (Lipinski definition) is 2. The summed E-state index contributed by atoms with van der Waals surface area (Å²) in [6.07, 6.45) is 0. The Labute approximate surface area is 194 Å². The van der Waals surface area contributed by atoms with E-state index in [1.54, 1.807) is 19.9 Å². The number of amides is 1. The topological polar surface area (TPSA) is 101 Å². The molecule has 0 aliphatic carbocycles. The van der Waals surface area contributed by atoms with E-state index in [0.29, 0.717) is 27.0 Å². The molecule has 0 spiro atoms. The number of halogens is 1. The van der Waals surface area contributed by atoms with Crippen molar-refractivity contribution in [3.63, 3.8) is 0 Å². The molecule has 0 aliphatic heterocycles. The Hall–Kier alpha value is -3.01. The molecule has 32 heavy (non-hydrogen) atoms. The number of carbonyl (C=O) groups excluding carboxylic acids is 1. The quantitative estimate of drug-likeness (QED) is 0.397. The van der Waals surface area contributed by atoms with Gasteiger partial charge >= 0.3 is 0 Å². The van der Waals surface area contributed by atoms with E-state index in [1.807, 2.05) is 25.1 Å². The Morgan fingerprint density at radius 1 is 0.969 bits per heavy atom. The molecule has 1 amide bonds. The largest absolute Gasteiger partial charge is 0.321 e. The second-order valence-electron chi connectivity index (χ2n) is 7.30. The fraction of sp³-hybridized carbons (Fsp3) is 0.136. The van der Waals surface area contributed by atoms with Gasteiger partial charge in [-0.05, 0) is 62.7 Å². The second-order valence-corrected chi connectivity index (χ2v) is 10.4. The zero-order valence-electron chi connectivity index (χ0n) is 17.4. The van der Waals surface area contributed by atoms with Crippen LogP contribution in [0.1, 0.15) is 26.6 Å². The summed E-state index contributed by atoms with van der Waals surface area (Å²) in [6.45, 7) is 5.49. The highest BCUT2D eigenvalue weighted by Gasteiger charge is 2.19. The number of carbonyl (C=O) groups is 1. The molecule has 10 heteroatoms. The lowest BCUT2D eigenvalue weighted by Gasteiger charge is -2.09. The lowest BCUT2D eigenvalue weighted by molar-refractivity contribution is 0.103. The number of anilines is 2. The van der Waals surface area contributed by atoms with Crippen molar-refractivity contribution in [2.45, 2.75) is 25.7 Å². The molecule has 0 unspecified atom stereocenters. The van der Waals surface area contributed by atoms with Gasteiger partial charge in [0.2, 0.25) is 5.95 Å². The minimum Gasteiger partial charge on any atom is -0.321 e. The van der Waals surface area contributed by atoms with Gasteiger partial charge in [0.25, 0.3) is 15.9 Å². The maximum Gasteiger partial charge on any atom is 0.267 e. The zero-order valence-corrected chi connectivity index (χ0v) is 19.8. The summed E-state index contributed by atoms with van der Waals surface area (Å²) in [7, 11) is -3.88. The first-order chi connectivity index (χ1) is 15.1. The van der Waals surface area contributed by atoms with Crippen LogP contribution in [-0.2, 0) is 10.0 Å². The summed E-state index contributed by atoms with van der Waals surface area (Å²) >= 11 is 7.72. The molecule has 0 bridgehead atoms. The Kier molecular flexibility index (Phi) is 5.89. The summed E-state index contributed by atoms with van der Waals surface area (Å²) in [5.74, 6) is -0.347. The van der Waals surface area contributed by atoms with Crippen molar-refractivity contribution >= 4 is 60.6 Å². The molecule has 2 aromatic heterocycles. The first kappa shape index (κ1) is 22.2. The summed E-state index contributed by atoms with van der Waals surface area (Å²) in [4.78, 5) is 21.4. The van der Waals surface area contributed by atoms with Crippen molar-refractivity contribution in [1.82, 2.24) is 9.97 Å². The zero-order chi connectivity index (χ0) is 23.0. The lowest BCUT2D eigenvalue weighted by Crippen LogP contribution is -2.16. The van der Waals surface area contributed by atoms with Crippen molar-refractivity contribution in [2.75, 3.05) is 10.0 Å². The van der Waals surface area contributed by atoms with Gasteiger partial charge in [-0.1, -0.05) is 23.7 Å². The average molecular weight is 487 g/mol. The van der Waals surface area contributed by atoms with Gasteiger partial charge in [-0.3, -0.25) is 4.79 Å². The molecule has 0 saturated heterocycles. The van der Waals surface area contributed by atoms with E-state index >= 15 is 0 Å². The molecular weight excluding hydrogens is 468 g/mol. The molecule has 0 fully saturated rings. The number of thiophene rings is 1. The molecule has 2 aromatic carbocycles. The summed E-state index contributed by atoms with van der Waals surface area (Å²) in [5, 5.41) is 3.99. The number of fused-ring (bicyclic) bond motifs is 1. The van der Waals surface area contributed by atoms with Gasteiger partial charge < -0.3 is 5.32 Å². The van der Waals surface area contributed by atoms with Crippen molar-refractivity contribution in [1.29, 1.82) is 0 Å². The van der Waals surface area contributed by atoms with Crippen molar-refractivity contribution in [3.05, 3.63) is 75.4 Å². The molecule has 2 N–H and O–H groups in total. The highest BCUT2D eigenvalue weighted by atomic mass is 35.5. The molecule has 164 valence electrons. The van der Waals surface area contributed by atoms with E-state index in [4.69, 9.17) is 11.6 Å². The first-order valence-electron chi connectivity index (χ1n) is 9.57. The molecule has 0 aliphatic rings. The van der Waals surface area contributed by atoms with E-state index < -0.39 is 10.0 Å². The van der Waals surface area contributed by atoms with Gasteiger partial charge in [-0.25, -0.2) is 23.1 Å². The molecule has 2 heterocycles. The lowest BCUT2D eigenvalue weighted by atomic mass is 10.2. The number of hydrogen-bond acceptors (Lipinski definition) is 6. The standard InChI is InChI=1S/C22H19ClN4O3S2/c1-12-4-9-17-18(10-12)31-20(19(17)23)21(28)26-15-5-7-16(8-6-15)32(29,30)27-22-24-13(2)11-14(3)25-22/h4-11H,1-3H3,(H,26,28)(H,24,25,27). The Bertz CT molecular complexity index is 1430. The fourth-order valence-corrected chi connectivity index (χ4v) is 5.63. The predicted molar refractivity (Wildman–Crippen MR) is 128 cm³/mol. The van der Waals surface area contributed by atoms with Gasteiger partial charge in [-0.2, -0.15) is 0 Å². The van der Waals surface area contributed by atoms with Crippen LogP contribution in [0, 0.1) is 20.8 Å². The van der Waals surface area contributed by atoms with Gasteiger partial charge in [0.15, 0.2) is 0 Å². The van der Waals surface area contributed by atoms with Crippen molar-refractivity contribution in [2.24, 2.45) is 0 Å². The van der Waals surface area contributed by atoms with Crippen LogP contribution in [-0.4, -0.2) is 24.3 Å². The number of sulfonamides is 1. The monoisotopic (exact) mass is 486 g/mol. The van der Waals surface area contributed by atoms with Crippen LogP contribution in [0.5, 0.6) is 0 Å². The first-order valence-corrected chi connectivity index (χ1v) is 12.3. The molecule has 0 saturated carbocycles. The van der Waals surface area contributed by atoms with E-state index in [1.165, 1.54) is 35.6 Å². The average Bonchev–Trinajstić information content (AvgIpc) is 3.03. The van der Waals surface area contributed by atoms with Crippen LogP contribution in [0.3, 0.4) is 0 Å². The molecule has 0 atom stereocenters. The number of aryl methyl sites for hydroxylation is 3. The van der Waals surface area contributed by atoms with Gasteiger partial charge in [0.1, 0.15) is 4.88 Å². The fourth-order valence-electron chi connectivity index (χ4n) is 3.17. The van der Waals surface area contributed by atoms with Crippen LogP contribution >= 0.6 is 22.9 Å². The minimum absolute atomic E-state index is 0.00881. The molecule has 4 aromatic rings. The third-order valence-electron chi connectivity index (χ3n) is 4.62. The highest BCUT2D eigenvalue weighted by Crippen LogP contribution is 2.36. The predicted octanol–water partition coefficient (Wildman–Crippen LogP) is 5.32. The van der Waals surface area contributed by atoms with Crippen molar-refractivity contribution < 1.29 is 13.2 Å². The van der Waals surface area contributed by atoms with E-state index in [0.717, 1.165) is 15.6 Å². The third kappa shape index (κ3) is 4.59. The number of benzene rings is 2. The third-order valence-corrected chi connectivity index (χ3v) is 7.62. The summed E-state index contributed by atoms with van der Waals surface area (Å²) in [5.41, 5.74) is 2.84. The number of rotatable bonds is 5. The molecule has 7 nitrogen and oxygen atoms in total. The van der Waals surface area contributed by atoms with E-state index in [-0.39, 0.29) is 16.8 Å². The Balaban J connectivity index is 1.52. The molecule has 0 radical (unpaired) electrons. The van der Waals surface area contributed by atoms with E-state index in [2.05, 4.69) is 20.0 Å². The SMILES string of the molecule is Cc1ccc2c(Cl)c(C(=O)Nc3ccc(S(=O)(=O)Nc4nc(C)cc(C)n4)cc3)sc2c1. The van der Waals surface area contributed by atoms with Crippen LogP contribution < -0.4 is 10.0 Å². The molecule has 4 rings (SSSR count). The van der Waals surface area contributed by atoms with Gasteiger partial charge in [0.05, 0.1) is 9.92 Å². The van der Waals surface area contributed by atoms with Crippen LogP contribution in [0.15, 0.2) is 53.4 Å². The second kappa shape index (κ2) is 8.50. The number of nitrogens with zero attached hydrogens (tertiary/aromatic N) is 2. The smallest absolute Gasteiger partial charge is 0.267 e. The van der Waals surface area contributed by atoms with E-state index in [9.17, 15) is 13.2 Å². The van der Waals surface area contributed by atoms with Gasteiger partial charge in [-0.15, -0.1) is 11.3 Å². The Morgan fingerprint density at radius 3 is 2.28 bits per heavy atom. The van der Waals surface area contributed by atoms with Crippen molar-refractivity contribution in [3.8, 4) is 0 Å². The Morgan fingerprint density at radius 2 is 1.62 bits per heavy atom. The van der Waals surface area contributed by atoms with Gasteiger partial charge in [0, 0.05) is 27.2 Å². The van der Waals surface area contributed by atoms with Crippen LogP contribution in [0.2, 0.25) is 5.02 Å². The summed E-state index contributed by atoms with van der Waals surface area (Å²) in [6, 6.07) is 13.4. The number of nitrogens with one attached hydrogen (secondary N) is 2. The normalized spacial score (nSPS) is 11.5. The maximum absolute atomic E-state index is 12.7. The summed E-state index contributed by atoms with van der Waals surface area (Å²) < 4.78 is 28.6. The maximum atomic E-state index is 12.7. The number of aromatic nitrogens is 2. The minimum atomic E-state index is -3.88. The molecular formula is C22H19ClN4O3S2. The van der Waals surface area contributed by atoms with Crippen LogP contribution in [0.4, 0.5) is 11.6 Å². The van der Waals surface area contributed by atoms with Crippen LogP contribution in [0.25, 0.3) is 10.1 Å².